The number of carbonyl (C=O) groups excluding carboxylic acids is 1. The summed E-state index contributed by atoms with van der Waals surface area (Å²) in [6.45, 7) is 0. The Hall–Kier alpha value is -2.87. The molecular formula is C15H12FN3O. The van der Waals surface area contributed by atoms with Crippen molar-refractivity contribution in [3.05, 3.63) is 59.4 Å². The molecular weight excluding hydrogens is 257 g/mol. The second kappa shape index (κ2) is 5.41. The minimum atomic E-state index is -0.668. The van der Waals surface area contributed by atoms with Crippen molar-refractivity contribution < 1.29 is 9.18 Å². The van der Waals surface area contributed by atoms with Gasteiger partial charge in [-0.2, -0.15) is 5.26 Å². The number of nitriles is 1. The summed E-state index contributed by atoms with van der Waals surface area (Å²) in [6.07, 6.45) is 0. The Kier molecular flexibility index (Phi) is 3.67. The van der Waals surface area contributed by atoms with Gasteiger partial charge in [-0.25, -0.2) is 4.39 Å². The van der Waals surface area contributed by atoms with Gasteiger partial charge >= 0.3 is 0 Å². The lowest BCUT2D eigenvalue weighted by Crippen LogP contribution is -2.27. The van der Waals surface area contributed by atoms with E-state index in [1.54, 1.807) is 24.3 Å². The Morgan fingerprint density at radius 1 is 1.30 bits per heavy atom. The Morgan fingerprint density at radius 2 is 2.05 bits per heavy atom. The van der Waals surface area contributed by atoms with Gasteiger partial charge in [0.05, 0.1) is 17.2 Å². The minimum Gasteiger partial charge on any atom is -0.399 e. The molecule has 0 fully saturated rings. The van der Waals surface area contributed by atoms with Gasteiger partial charge in [-0.1, -0.05) is 6.07 Å². The Bertz CT molecular complexity index is 707. The lowest BCUT2D eigenvalue weighted by molar-refractivity contribution is 0.0989. The van der Waals surface area contributed by atoms with E-state index >= 15 is 0 Å². The number of rotatable bonds is 2. The summed E-state index contributed by atoms with van der Waals surface area (Å²) >= 11 is 0. The third kappa shape index (κ3) is 2.59. The van der Waals surface area contributed by atoms with Crippen LogP contribution in [-0.2, 0) is 0 Å². The van der Waals surface area contributed by atoms with Crippen molar-refractivity contribution in [3.8, 4) is 6.07 Å². The molecule has 0 spiro atoms. The van der Waals surface area contributed by atoms with E-state index in [0.29, 0.717) is 11.3 Å². The van der Waals surface area contributed by atoms with E-state index < -0.39 is 11.7 Å². The number of nitrogens with two attached hydrogens (primary N) is 1. The van der Waals surface area contributed by atoms with Crippen LogP contribution in [0.1, 0.15) is 15.9 Å². The average Bonchev–Trinajstić information content (AvgIpc) is 2.46. The Balaban J connectivity index is 2.35. The predicted octanol–water partition coefficient (Wildman–Crippen LogP) is 2.56. The molecule has 0 saturated heterocycles. The van der Waals surface area contributed by atoms with Crippen LogP contribution in [0, 0.1) is 17.1 Å². The molecule has 0 atom stereocenters. The Labute approximate surface area is 115 Å². The zero-order chi connectivity index (χ0) is 14.7. The second-order valence-corrected chi connectivity index (χ2v) is 4.27. The molecule has 0 heterocycles. The average molecular weight is 269 g/mol. The van der Waals surface area contributed by atoms with Crippen LogP contribution in [0.4, 0.5) is 15.8 Å². The maximum atomic E-state index is 13.7. The monoisotopic (exact) mass is 269 g/mol. The van der Waals surface area contributed by atoms with Gasteiger partial charge in [0.25, 0.3) is 5.91 Å². The van der Waals surface area contributed by atoms with E-state index in [-0.39, 0.29) is 11.3 Å². The smallest absolute Gasteiger partial charge is 0.260 e. The molecule has 2 aromatic carbocycles. The zero-order valence-electron chi connectivity index (χ0n) is 10.8. The summed E-state index contributed by atoms with van der Waals surface area (Å²) in [5.41, 5.74) is 6.59. The summed E-state index contributed by atoms with van der Waals surface area (Å²) in [5, 5.41) is 8.85. The van der Waals surface area contributed by atoms with Crippen molar-refractivity contribution >= 4 is 17.3 Å². The lowest BCUT2D eigenvalue weighted by Gasteiger charge is -2.18. The van der Waals surface area contributed by atoms with Crippen LogP contribution in [0.2, 0.25) is 0 Å². The number of halogens is 1. The highest BCUT2D eigenvalue weighted by molar-refractivity contribution is 6.06. The predicted molar refractivity (Wildman–Crippen MR) is 74.7 cm³/mol. The van der Waals surface area contributed by atoms with Crippen LogP contribution in [-0.4, -0.2) is 13.0 Å². The molecule has 2 rings (SSSR count). The summed E-state index contributed by atoms with van der Waals surface area (Å²) in [5.74, 6) is -1.17. The minimum absolute atomic E-state index is 0.0657. The number of hydrogen-bond acceptors (Lipinski definition) is 3. The normalized spacial score (nSPS) is 9.85. The Morgan fingerprint density at radius 3 is 2.70 bits per heavy atom. The molecule has 0 saturated carbocycles. The van der Waals surface area contributed by atoms with Crippen LogP contribution in [0.15, 0.2) is 42.5 Å². The molecule has 0 aliphatic rings. The first kappa shape index (κ1) is 13.6. The number of nitrogen functional groups attached to an aromatic ring is 1. The van der Waals surface area contributed by atoms with Crippen molar-refractivity contribution in [2.75, 3.05) is 17.7 Å². The molecule has 0 aliphatic heterocycles. The molecule has 0 radical (unpaired) electrons. The van der Waals surface area contributed by atoms with Crippen molar-refractivity contribution in [1.82, 2.24) is 0 Å². The van der Waals surface area contributed by atoms with Crippen molar-refractivity contribution in [1.29, 1.82) is 5.26 Å². The van der Waals surface area contributed by atoms with Gasteiger partial charge < -0.3 is 10.6 Å². The molecule has 1 amide bonds. The van der Waals surface area contributed by atoms with Gasteiger partial charge in [0, 0.05) is 18.4 Å². The molecule has 0 aromatic heterocycles. The molecule has 0 aliphatic carbocycles. The third-order valence-electron chi connectivity index (χ3n) is 2.89. The number of amides is 1. The van der Waals surface area contributed by atoms with E-state index in [1.165, 1.54) is 24.1 Å². The van der Waals surface area contributed by atoms with E-state index in [9.17, 15) is 9.18 Å². The van der Waals surface area contributed by atoms with Gasteiger partial charge in [-0.15, -0.1) is 0 Å². The number of anilines is 2. The highest BCUT2D eigenvalue weighted by Gasteiger charge is 2.17. The summed E-state index contributed by atoms with van der Waals surface area (Å²) < 4.78 is 13.7. The summed E-state index contributed by atoms with van der Waals surface area (Å²) in [4.78, 5) is 13.5. The molecule has 100 valence electrons. The zero-order valence-corrected chi connectivity index (χ0v) is 10.8. The molecule has 2 aromatic rings. The van der Waals surface area contributed by atoms with E-state index in [4.69, 9.17) is 11.0 Å². The maximum absolute atomic E-state index is 13.7. The lowest BCUT2D eigenvalue weighted by atomic mass is 10.1. The third-order valence-corrected chi connectivity index (χ3v) is 2.89. The van der Waals surface area contributed by atoms with Gasteiger partial charge in [0.1, 0.15) is 5.82 Å². The van der Waals surface area contributed by atoms with Crippen LogP contribution in [0.25, 0.3) is 0 Å². The van der Waals surface area contributed by atoms with E-state index in [2.05, 4.69) is 0 Å². The van der Waals surface area contributed by atoms with E-state index in [0.717, 1.165) is 6.07 Å². The number of nitrogens with zero attached hydrogens (tertiary/aromatic N) is 2. The van der Waals surface area contributed by atoms with Crippen LogP contribution < -0.4 is 10.6 Å². The van der Waals surface area contributed by atoms with Crippen molar-refractivity contribution in [2.24, 2.45) is 0 Å². The largest absolute Gasteiger partial charge is 0.399 e. The number of hydrogen-bond donors (Lipinski definition) is 1. The first-order valence-corrected chi connectivity index (χ1v) is 5.86. The fraction of sp³-hybridized carbons (Fsp3) is 0.0667. The highest BCUT2D eigenvalue weighted by Crippen LogP contribution is 2.19. The first-order valence-electron chi connectivity index (χ1n) is 5.86. The van der Waals surface area contributed by atoms with E-state index in [1.807, 2.05) is 6.07 Å². The fourth-order valence-corrected chi connectivity index (χ4v) is 1.79. The standard InChI is InChI=1S/C15H12FN3O/c1-19(12-4-2-3-10(7-12)9-17)15(20)13-6-5-11(18)8-14(13)16/h2-8H,18H2,1H3. The van der Waals surface area contributed by atoms with Crippen LogP contribution >= 0.6 is 0 Å². The topological polar surface area (TPSA) is 70.1 Å². The first-order chi connectivity index (χ1) is 9.52. The number of carbonyl (C=O) groups is 1. The quantitative estimate of drug-likeness (QED) is 0.852. The number of benzene rings is 2. The SMILES string of the molecule is CN(C(=O)c1ccc(N)cc1F)c1cccc(C#N)c1. The molecule has 20 heavy (non-hydrogen) atoms. The van der Waals surface area contributed by atoms with Crippen LogP contribution in [0.3, 0.4) is 0 Å². The molecule has 0 bridgehead atoms. The van der Waals surface area contributed by atoms with Gasteiger partial charge in [-0.05, 0) is 36.4 Å². The summed E-state index contributed by atoms with van der Waals surface area (Å²) in [6, 6.07) is 12.4. The molecule has 0 unspecified atom stereocenters. The maximum Gasteiger partial charge on any atom is 0.260 e. The highest BCUT2D eigenvalue weighted by atomic mass is 19.1. The van der Waals surface area contributed by atoms with Gasteiger partial charge in [0.2, 0.25) is 0 Å². The van der Waals surface area contributed by atoms with Gasteiger partial charge in [-0.3, -0.25) is 4.79 Å². The van der Waals surface area contributed by atoms with Gasteiger partial charge in [0.15, 0.2) is 0 Å². The van der Waals surface area contributed by atoms with Crippen molar-refractivity contribution in [3.63, 3.8) is 0 Å². The fourth-order valence-electron chi connectivity index (χ4n) is 1.79. The molecule has 2 N–H and O–H groups in total. The molecule has 5 heteroatoms. The second-order valence-electron chi connectivity index (χ2n) is 4.27. The van der Waals surface area contributed by atoms with Crippen LogP contribution in [0.5, 0.6) is 0 Å². The van der Waals surface area contributed by atoms with Crippen molar-refractivity contribution in [2.45, 2.75) is 0 Å². The summed E-state index contributed by atoms with van der Waals surface area (Å²) in [7, 11) is 1.52. The molecule has 4 nitrogen and oxygen atoms in total.